The minimum absolute atomic E-state index is 0.00869. The zero-order chi connectivity index (χ0) is 35.9. The normalized spacial score (nSPS) is 17.0. The molecule has 1 fully saturated rings. The van der Waals surface area contributed by atoms with E-state index in [1.54, 1.807) is 36.4 Å². The lowest BCUT2D eigenvalue weighted by molar-refractivity contribution is -0.130. The molecular formula is C35H42N8O6S. The predicted octanol–water partition coefficient (Wildman–Crippen LogP) is 4.18. The lowest BCUT2D eigenvalue weighted by atomic mass is 9.81. The summed E-state index contributed by atoms with van der Waals surface area (Å²) in [6.45, 7) is 5.90. The van der Waals surface area contributed by atoms with E-state index in [1.165, 1.54) is 12.1 Å². The number of aromatic amines is 1. The third kappa shape index (κ3) is 10.2. The molecule has 0 aliphatic heterocycles. The predicted molar refractivity (Wildman–Crippen MR) is 187 cm³/mol. The molecule has 1 heterocycles. The molecule has 15 heteroatoms. The molecule has 4 aromatic rings. The van der Waals surface area contributed by atoms with Gasteiger partial charge in [-0.25, -0.2) is 18.4 Å². The van der Waals surface area contributed by atoms with Gasteiger partial charge in [0.2, 0.25) is 27.7 Å². The van der Waals surface area contributed by atoms with Crippen LogP contribution >= 0.6 is 0 Å². The summed E-state index contributed by atoms with van der Waals surface area (Å²) in [6, 6.07) is 19.7. The average molecular weight is 703 g/mol. The van der Waals surface area contributed by atoms with Crippen molar-refractivity contribution in [2.45, 2.75) is 69.4 Å². The Hall–Kier alpha value is -5.15. The molecule has 5 rings (SSSR count). The topological polar surface area (TPSA) is 211 Å². The van der Waals surface area contributed by atoms with E-state index in [0.717, 1.165) is 24.0 Å². The number of primary sulfonamides is 1. The minimum atomic E-state index is -3.90. The molecular weight excluding hydrogens is 661 g/mol. The number of amides is 3. The van der Waals surface area contributed by atoms with E-state index in [4.69, 9.17) is 9.88 Å². The first-order chi connectivity index (χ1) is 23.7. The monoisotopic (exact) mass is 702 g/mol. The van der Waals surface area contributed by atoms with Gasteiger partial charge in [-0.1, -0.05) is 36.4 Å². The number of H-pyrrole nitrogens is 1. The Bertz CT molecular complexity index is 1900. The zero-order valence-corrected chi connectivity index (χ0v) is 29.0. The van der Waals surface area contributed by atoms with Gasteiger partial charge < -0.3 is 20.7 Å². The van der Waals surface area contributed by atoms with Crippen molar-refractivity contribution in [2.75, 3.05) is 11.9 Å². The number of hydrogen-bond acceptors (Lipinski definition) is 9. The van der Waals surface area contributed by atoms with Crippen LogP contribution in [0.5, 0.6) is 0 Å². The lowest BCUT2D eigenvalue weighted by Gasteiger charge is -2.29. The van der Waals surface area contributed by atoms with Gasteiger partial charge in [-0.15, -0.1) is 10.2 Å². The third-order valence-electron chi connectivity index (χ3n) is 8.40. The van der Waals surface area contributed by atoms with Gasteiger partial charge in [0.05, 0.1) is 4.90 Å². The molecule has 0 bridgehead atoms. The molecule has 0 radical (unpaired) electrons. The molecule has 0 unspecified atom stereocenters. The van der Waals surface area contributed by atoms with E-state index in [-0.39, 0.29) is 29.1 Å². The van der Waals surface area contributed by atoms with Gasteiger partial charge in [-0.05, 0) is 111 Å². The smallest absolute Gasteiger partial charge is 0.407 e. The number of rotatable bonds is 11. The molecule has 0 spiro atoms. The fraction of sp³-hybridized carbons (Fsp3) is 0.371. The van der Waals surface area contributed by atoms with Crippen LogP contribution in [0.3, 0.4) is 0 Å². The standard InChI is InChI=1S/C35H42N8O6S/c1-35(2,3)49-34(46)37-21-22-10-12-25(13-11-22)32(44)39-30(33(45)38-28-16-14-24(15-17-28)31-40-42-43-41-31)19-23-6-4-7-26(18-23)27-8-5-9-29(20-27)50(36,47)48/h4-9,14-18,20,22,25,30H,10-13,19,21H2,1-3H3,(H,37,46)(H,38,45)(H,39,44)(H2,36,47,48)(H,40,41,42,43)/t22?,25?,30-/m0/s1. The van der Waals surface area contributed by atoms with Crippen LogP contribution in [0.15, 0.2) is 77.7 Å². The molecule has 3 aromatic carbocycles. The fourth-order valence-corrected chi connectivity index (χ4v) is 6.41. The number of ether oxygens (including phenoxy) is 1. The molecule has 1 saturated carbocycles. The third-order valence-corrected chi connectivity index (χ3v) is 9.31. The SMILES string of the molecule is CC(C)(C)OC(=O)NCC1CCC(C(=O)N[C@@H](Cc2cccc(-c3cccc(S(N)(=O)=O)c3)c2)C(=O)Nc2ccc(-c3nn[nH]n3)cc2)CC1. The summed E-state index contributed by atoms with van der Waals surface area (Å²) in [6.07, 6.45) is 2.45. The molecule has 14 nitrogen and oxygen atoms in total. The number of benzene rings is 3. The van der Waals surface area contributed by atoms with Gasteiger partial charge in [-0.3, -0.25) is 9.59 Å². The average Bonchev–Trinajstić information content (AvgIpc) is 3.62. The van der Waals surface area contributed by atoms with Crippen LogP contribution in [0.25, 0.3) is 22.5 Å². The zero-order valence-electron chi connectivity index (χ0n) is 28.2. The van der Waals surface area contributed by atoms with Crippen molar-refractivity contribution in [3.05, 3.63) is 78.4 Å². The number of nitrogens with two attached hydrogens (primary N) is 1. The highest BCUT2D eigenvalue weighted by atomic mass is 32.2. The Morgan fingerprint density at radius 3 is 2.26 bits per heavy atom. The maximum atomic E-state index is 13.8. The van der Waals surface area contributed by atoms with E-state index in [1.807, 2.05) is 45.0 Å². The van der Waals surface area contributed by atoms with Gasteiger partial charge in [0, 0.05) is 30.1 Å². The van der Waals surface area contributed by atoms with Gasteiger partial charge >= 0.3 is 6.09 Å². The Labute approximate surface area is 291 Å². The summed E-state index contributed by atoms with van der Waals surface area (Å²) in [5.74, 6) is -0.269. The number of tetrazole rings is 1. The first-order valence-electron chi connectivity index (χ1n) is 16.4. The maximum Gasteiger partial charge on any atom is 0.407 e. The maximum absolute atomic E-state index is 13.8. The molecule has 0 saturated heterocycles. The van der Waals surface area contributed by atoms with Crippen molar-refractivity contribution >= 4 is 33.6 Å². The van der Waals surface area contributed by atoms with Crippen LogP contribution in [-0.4, -0.2) is 65.1 Å². The second-order valence-corrected chi connectivity index (χ2v) is 15.0. The van der Waals surface area contributed by atoms with Crippen molar-refractivity contribution in [3.8, 4) is 22.5 Å². The summed E-state index contributed by atoms with van der Waals surface area (Å²) >= 11 is 0. The number of nitrogens with one attached hydrogen (secondary N) is 4. The Morgan fingerprint density at radius 1 is 0.940 bits per heavy atom. The Balaban J connectivity index is 1.28. The quantitative estimate of drug-likeness (QED) is 0.152. The summed E-state index contributed by atoms with van der Waals surface area (Å²) in [7, 11) is -3.90. The highest BCUT2D eigenvalue weighted by Crippen LogP contribution is 2.29. The number of sulfonamides is 1. The van der Waals surface area contributed by atoms with Crippen molar-refractivity contribution in [1.82, 2.24) is 31.3 Å². The van der Waals surface area contributed by atoms with Gasteiger partial charge in [0.25, 0.3) is 0 Å². The fourth-order valence-electron chi connectivity index (χ4n) is 5.85. The molecule has 1 aliphatic rings. The van der Waals surface area contributed by atoms with E-state index in [0.29, 0.717) is 42.0 Å². The van der Waals surface area contributed by atoms with Crippen LogP contribution in [0.2, 0.25) is 0 Å². The number of alkyl carbamates (subject to hydrolysis) is 1. The number of carbonyl (C=O) groups excluding carboxylic acids is 3. The van der Waals surface area contributed by atoms with Crippen molar-refractivity contribution in [3.63, 3.8) is 0 Å². The van der Waals surface area contributed by atoms with Crippen LogP contribution in [0.1, 0.15) is 52.0 Å². The molecule has 6 N–H and O–H groups in total. The van der Waals surface area contributed by atoms with Gasteiger partial charge in [0.1, 0.15) is 11.6 Å². The van der Waals surface area contributed by atoms with Crippen LogP contribution < -0.4 is 21.1 Å². The first-order valence-corrected chi connectivity index (χ1v) is 17.9. The molecule has 1 atom stereocenters. The number of aromatic nitrogens is 4. The number of hydrogen-bond donors (Lipinski definition) is 5. The molecule has 50 heavy (non-hydrogen) atoms. The molecule has 1 aliphatic carbocycles. The van der Waals surface area contributed by atoms with Crippen molar-refractivity contribution in [1.29, 1.82) is 0 Å². The van der Waals surface area contributed by atoms with Gasteiger partial charge in [-0.2, -0.15) is 5.21 Å². The number of anilines is 1. The largest absolute Gasteiger partial charge is 0.444 e. The van der Waals surface area contributed by atoms with Crippen molar-refractivity contribution in [2.24, 2.45) is 17.0 Å². The van der Waals surface area contributed by atoms with Gasteiger partial charge in [0.15, 0.2) is 0 Å². The summed E-state index contributed by atoms with van der Waals surface area (Å²) < 4.78 is 29.2. The van der Waals surface area contributed by atoms with E-state index in [2.05, 4.69) is 36.6 Å². The van der Waals surface area contributed by atoms with Crippen LogP contribution in [0, 0.1) is 11.8 Å². The second-order valence-electron chi connectivity index (χ2n) is 13.4. The summed E-state index contributed by atoms with van der Waals surface area (Å²) in [4.78, 5) is 39.5. The van der Waals surface area contributed by atoms with Crippen LogP contribution in [-0.2, 0) is 30.8 Å². The van der Waals surface area contributed by atoms with E-state index < -0.39 is 33.7 Å². The molecule has 3 amide bonds. The van der Waals surface area contributed by atoms with Crippen molar-refractivity contribution < 1.29 is 27.5 Å². The lowest BCUT2D eigenvalue weighted by Crippen LogP contribution is -2.48. The number of nitrogens with zero attached hydrogens (tertiary/aromatic N) is 3. The summed E-state index contributed by atoms with van der Waals surface area (Å²) in [5.41, 5.74) is 2.78. The van der Waals surface area contributed by atoms with E-state index in [9.17, 15) is 22.8 Å². The van der Waals surface area contributed by atoms with E-state index >= 15 is 0 Å². The minimum Gasteiger partial charge on any atom is -0.444 e. The Morgan fingerprint density at radius 2 is 1.62 bits per heavy atom. The molecule has 264 valence electrons. The second kappa shape index (κ2) is 15.6. The first kappa shape index (κ1) is 36.1. The summed E-state index contributed by atoms with van der Waals surface area (Å²) in [5, 5.41) is 28.0. The highest BCUT2D eigenvalue weighted by molar-refractivity contribution is 7.89. The van der Waals surface area contributed by atoms with Crippen LogP contribution in [0.4, 0.5) is 10.5 Å². The molecule has 1 aromatic heterocycles. The Kier molecular flexibility index (Phi) is 11.3. The number of carbonyl (C=O) groups is 3. The highest BCUT2D eigenvalue weighted by Gasteiger charge is 2.30.